The van der Waals surface area contributed by atoms with Crippen LogP contribution in [0.1, 0.15) is 17.2 Å². The lowest BCUT2D eigenvalue weighted by Gasteiger charge is -2.14. The van der Waals surface area contributed by atoms with Crippen molar-refractivity contribution in [1.82, 2.24) is 0 Å². The Morgan fingerprint density at radius 3 is 2.33 bits per heavy atom. The fraction of sp³-hybridized carbons (Fsp3) is 0.125. The quantitative estimate of drug-likeness (QED) is 0.310. The van der Waals surface area contributed by atoms with E-state index in [4.69, 9.17) is 9.47 Å². The van der Waals surface area contributed by atoms with Gasteiger partial charge in [-0.2, -0.15) is 0 Å². The summed E-state index contributed by atoms with van der Waals surface area (Å²) in [5, 5.41) is 10.6. The first-order chi connectivity index (χ1) is 11.5. The molecule has 0 aliphatic heterocycles. The summed E-state index contributed by atoms with van der Waals surface area (Å²) in [5.74, 6) is -0.734. The molecular formula is C16H12BrNO6. The van der Waals surface area contributed by atoms with Crippen molar-refractivity contribution >= 4 is 34.1 Å². The van der Waals surface area contributed by atoms with Crippen molar-refractivity contribution in [2.24, 2.45) is 0 Å². The number of ether oxygens (including phenoxy) is 2. The lowest BCUT2D eigenvalue weighted by atomic mass is 10.1. The molecule has 8 heteroatoms. The first-order valence-corrected chi connectivity index (χ1v) is 7.55. The SMILES string of the molecule is O=COC(C(=O)OCc1ccc([N+](=O)[O-])cc1)c1ccc(Br)cc1. The number of rotatable bonds is 7. The smallest absolute Gasteiger partial charge is 0.352 e. The predicted octanol–water partition coefficient (Wildman–Crippen LogP) is 3.31. The molecule has 0 amide bonds. The van der Waals surface area contributed by atoms with Crippen molar-refractivity contribution in [2.45, 2.75) is 12.7 Å². The van der Waals surface area contributed by atoms with Crippen molar-refractivity contribution in [1.29, 1.82) is 0 Å². The zero-order chi connectivity index (χ0) is 17.5. The molecule has 0 saturated heterocycles. The maximum atomic E-state index is 12.1. The maximum Gasteiger partial charge on any atom is 0.352 e. The number of nitro groups is 1. The van der Waals surface area contributed by atoms with E-state index in [0.717, 1.165) is 4.47 Å². The molecule has 0 N–H and O–H groups in total. The molecule has 24 heavy (non-hydrogen) atoms. The summed E-state index contributed by atoms with van der Waals surface area (Å²) < 4.78 is 10.7. The van der Waals surface area contributed by atoms with Gasteiger partial charge in [0, 0.05) is 22.2 Å². The number of carbonyl (C=O) groups excluding carboxylic acids is 2. The predicted molar refractivity (Wildman–Crippen MR) is 86.9 cm³/mol. The van der Waals surface area contributed by atoms with Gasteiger partial charge in [-0.25, -0.2) is 4.79 Å². The number of carbonyl (C=O) groups is 2. The molecule has 2 rings (SSSR count). The molecule has 0 fully saturated rings. The lowest BCUT2D eigenvalue weighted by molar-refractivity contribution is -0.384. The fourth-order valence-electron chi connectivity index (χ4n) is 1.91. The third kappa shape index (κ3) is 4.63. The Morgan fingerprint density at radius 2 is 1.79 bits per heavy atom. The molecule has 0 aliphatic rings. The van der Waals surface area contributed by atoms with Gasteiger partial charge in [0.2, 0.25) is 6.10 Å². The largest absolute Gasteiger partial charge is 0.458 e. The number of esters is 1. The number of nitrogens with zero attached hydrogens (tertiary/aromatic N) is 1. The standard InChI is InChI=1S/C16H12BrNO6/c17-13-5-3-12(4-6-13)15(24-10-19)16(20)23-9-11-1-7-14(8-2-11)18(21)22/h1-8,10,15H,9H2. The van der Waals surface area contributed by atoms with E-state index in [2.05, 4.69) is 15.9 Å². The summed E-state index contributed by atoms with van der Waals surface area (Å²) in [6.45, 7) is 0.0892. The summed E-state index contributed by atoms with van der Waals surface area (Å²) in [6.07, 6.45) is -1.17. The Bertz CT molecular complexity index is 729. The highest BCUT2D eigenvalue weighted by Gasteiger charge is 2.23. The molecule has 1 atom stereocenters. The Morgan fingerprint density at radius 1 is 1.17 bits per heavy atom. The normalized spacial score (nSPS) is 11.4. The molecule has 124 valence electrons. The second-order valence-corrected chi connectivity index (χ2v) is 5.61. The molecule has 0 spiro atoms. The fourth-order valence-corrected chi connectivity index (χ4v) is 2.17. The summed E-state index contributed by atoms with van der Waals surface area (Å²) in [4.78, 5) is 32.8. The highest BCUT2D eigenvalue weighted by molar-refractivity contribution is 9.10. The van der Waals surface area contributed by atoms with Crippen molar-refractivity contribution in [3.63, 3.8) is 0 Å². The monoisotopic (exact) mass is 393 g/mol. The number of non-ortho nitro benzene ring substituents is 1. The minimum atomic E-state index is -1.17. The Balaban J connectivity index is 2.03. The van der Waals surface area contributed by atoms with Gasteiger partial charge in [-0.1, -0.05) is 28.1 Å². The zero-order valence-electron chi connectivity index (χ0n) is 12.3. The highest BCUT2D eigenvalue weighted by Crippen LogP contribution is 2.22. The molecule has 0 heterocycles. The van der Waals surface area contributed by atoms with Crippen LogP contribution in [-0.4, -0.2) is 17.4 Å². The molecule has 0 bridgehead atoms. The van der Waals surface area contributed by atoms with Crippen LogP contribution in [0.25, 0.3) is 0 Å². The van der Waals surface area contributed by atoms with E-state index in [9.17, 15) is 19.7 Å². The molecule has 0 radical (unpaired) electrons. The molecule has 0 saturated carbocycles. The van der Waals surface area contributed by atoms with Crippen LogP contribution < -0.4 is 0 Å². The van der Waals surface area contributed by atoms with E-state index in [1.807, 2.05) is 0 Å². The van der Waals surface area contributed by atoms with Gasteiger partial charge in [0.25, 0.3) is 12.2 Å². The average molecular weight is 394 g/mol. The van der Waals surface area contributed by atoms with E-state index in [0.29, 0.717) is 11.1 Å². The molecule has 0 aromatic heterocycles. The van der Waals surface area contributed by atoms with Gasteiger partial charge in [-0.3, -0.25) is 14.9 Å². The number of benzene rings is 2. The van der Waals surface area contributed by atoms with E-state index in [-0.39, 0.29) is 18.8 Å². The zero-order valence-corrected chi connectivity index (χ0v) is 13.8. The van der Waals surface area contributed by atoms with Gasteiger partial charge >= 0.3 is 5.97 Å². The van der Waals surface area contributed by atoms with E-state index in [1.54, 1.807) is 24.3 Å². The summed E-state index contributed by atoms with van der Waals surface area (Å²) in [7, 11) is 0. The van der Waals surface area contributed by atoms with Crippen LogP contribution in [-0.2, 0) is 25.7 Å². The lowest BCUT2D eigenvalue weighted by Crippen LogP contribution is -2.18. The van der Waals surface area contributed by atoms with Crippen LogP contribution >= 0.6 is 15.9 Å². The first kappa shape index (κ1) is 17.6. The van der Waals surface area contributed by atoms with Crippen LogP contribution in [0.15, 0.2) is 53.0 Å². The number of hydrogen-bond acceptors (Lipinski definition) is 6. The molecule has 2 aromatic carbocycles. The highest BCUT2D eigenvalue weighted by atomic mass is 79.9. The summed E-state index contributed by atoms with van der Waals surface area (Å²) in [5.41, 5.74) is 0.996. The van der Waals surface area contributed by atoms with Crippen molar-refractivity contribution in [3.05, 3.63) is 74.2 Å². The minimum absolute atomic E-state index is 0.0536. The van der Waals surface area contributed by atoms with Gasteiger partial charge in [0.05, 0.1) is 4.92 Å². The minimum Gasteiger partial charge on any atom is -0.458 e. The van der Waals surface area contributed by atoms with Gasteiger partial charge in [0.1, 0.15) is 6.61 Å². The van der Waals surface area contributed by atoms with Crippen LogP contribution in [0.3, 0.4) is 0 Å². The van der Waals surface area contributed by atoms with Crippen LogP contribution in [0.2, 0.25) is 0 Å². The van der Waals surface area contributed by atoms with E-state index < -0.39 is 17.0 Å². The number of halogens is 1. The van der Waals surface area contributed by atoms with Gasteiger partial charge in [0.15, 0.2) is 0 Å². The van der Waals surface area contributed by atoms with Crippen LogP contribution in [0, 0.1) is 10.1 Å². The number of hydrogen-bond donors (Lipinski definition) is 0. The summed E-state index contributed by atoms with van der Waals surface area (Å²) >= 11 is 3.27. The Labute approximate surface area is 145 Å². The Kier molecular flexibility index (Phi) is 6.02. The summed E-state index contributed by atoms with van der Waals surface area (Å²) in [6, 6.07) is 12.3. The second-order valence-electron chi connectivity index (χ2n) is 4.70. The Hall–Kier alpha value is -2.74. The van der Waals surface area contributed by atoms with Crippen molar-refractivity contribution in [3.8, 4) is 0 Å². The third-order valence-corrected chi connectivity index (χ3v) is 3.64. The van der Waals surface area contributed by atoms with Gasteiger partial charge in [-0.15, -0.1) is 0 Å². The van der Waals surface area contributed by atoms with Gasteiger partial charge < -0.3 is 9.47 Å². The van der Waals surface area contributed by atoms with Crippen LogP contribution in [0.4, 0.5) is 5.69 Å². The van der Waals surface area contributed by atoms with Crippen molar-refractivity contribution < 1.29 is 24.0 Å². The third-order valence-electron chi connectivity index (χ3n) is 3.11. The molecule has 0 aliphatic carbocycles. The molecule has 2 aromatic rings. The average Bonchev–Trinajstić information content (AvgIpc) is 2.59. The topological polar surface area (TPSA) is 95.7 Å². The van der Waals surface area contributed by atoms with E-state index >= 15 is 0 Å². The number of nitro benzene ring substituents is 1. The van der Waals surface area contributed by atoms with Crippen LogP contribution in [0.5, 0.6) is 0 Å². The molecule has 7 nitrogen and oxygen atoms in total. The van der Waals surface area contributed by atoms with Crippen molar-refractivity contribution in [2.75, 3.05) is 0 Å². The van der Waals surface area contributed by atoms with Gasteiger partial charge in [-0.05, 0) is 29.8 Å². The van der Waals surface area contributed by atoms with E-state index in [1.165, 1.54) is 24.3 Å². The molecular weight excluding hydrogens is 382 g/mol. The second kappa shape index (κ2) is 8.21. The first-order valence-electron chi connectivity index (χ1n) is 6.76. The maximum absolute atomic E-state index is 12.1. The molecule has 1 unspecified atom stereocenters.